The van der Waals surface area contributed by atoms with Crippen molar-refractivity contribution in [1.29, 1.82) is 0 Å². The minimum atomic E-state index is -0.482. The van der Waals surface area contributed by atoms with Gasteiger partial charge in [-0.15, -0.1) is 0 Å². The van der Waals surface area contributed by atoms with E-state index in [1.807, 2.05) is 27.9 Å². The van der Waals surface area contributed by atoms with Crippen molar-refractivity contribution in [2.45, 2.75) is 39.5 Å². The quantitative estimate of drug-likeness (QED) is 0.255. The molecule has 12 heterocycles. The van der Waals surface area contributed by atoms with Gasteiger partial charge in [-0.25, -0.2) is 0 Å². The number of hydrogen-bond donors (Lipinski definition) is 3. The van der Waals surface area contributed by atoms with Crippen LogP contribution in [0.4, 0.5) is 0 Å². The number of carbonyl (C=O) groups excluding carboxylic acids is 12. The van der Waals surface area contributed by atoms with Gasteiger partial charge in [-0.1, -0.05) is 0 Å². The van der Waals surface area contributed by atoms with Crippen LogP contribution in [0, 0.1) is 46.3 Å². The van der Waals surface area contributed by atoms with Crippen LogP contribution in [0.5, 0.6) is 0 Å². The van der Waals surface area contributed by atoms with Crippen molar-refractivity contribution in [3.63, 3.8) is 0 Å². The third kappa shape index (κ3) is 10.4. The lowest BCUT2D eigenvalue weighted by Gasteiger charge is -2.37. The van der Waals surface area contributed by atoms with Crippen molar-refractivity contribution in [3.05, 3.63) is 59.2 Å². The molecule has 3 N–H and O–H groups in total. The van der Waals surface area contributed by atoms with E-state index in [2.05, 4.69) is 35.7 Å². The van der Waals surface area contributed by atoms with Gasteiger partial charge in [-0.3, -0.25) is 97.3 Å². The van der Waals surface area contributed by atoms with E-state index in [0.29, 0.717) is 41.9 Å². The summed E-state index contributed by atoms with van der Waals surface area (Å²) in [4.78, 5) is 155. The average molecular weight is 1040 g/mol. The molecule has 8 unspecified atom stereocenters. The molecule has 8 atom stereocenters. The fourth-order valence-corrected chi connectivity index (χ4v) is 11.6. The van der Waals surface area contributed by atoms with Crippen LogP contribution in [0.1, 0.15) is 81.0 Å². The lowest BCUT2D eigenvalue weighted by molar-refractivity contribution is -0.141. The molecule has 0 radical (unpaired) electrons. The van der Waals surface area contributed by atoms with E-state index in [4.69, 9.17) is 0 Å². The summed E-state index contributed by atoms with van der Waals surface area (Å²) < 4.78 is 0. The van der Waals surface area contributed by atoms with Gasteiger partial charge in [0, 0.05) is 86.2 Å². The molecule has 24 heteroatoms. The predicted octanol–water partition coefficient (Wildman–Crippen LogP) is -1.42. The summed E-state index contributed by atoms with van der Waals surface area (Å²) in [6.45, 7) is 10.1. The molecule has 0 aromatic carbocycles. The Morgan fingerprint density at radius 3 is 1.56 bits per heavy atom. The highest BCUT2D eigenvalue weighted by molar-refractivity contribution is 6.22. The van der Waals surface area contributed by atoms with Crippen LogP contribution >= 0.6 is 0 Å². The molecule has 10 aliphatic heterocycles. The maximum atomic E-state index is 11.9. The van der Waals surface area contributed by atoms with Gasteiger partial charge in [0.25, 0.3) is 23.6 Å². The summed E-state index contributed by atoms with van der Waals surface area (Å²) in [6.07, 6.45) is 9.01. The zero-order valence-corrected chi connectivity index (χ0v) is 43.8. The van der Waals surface area contributed by atoms with Gasteiger partial charge < -0.3 is 20.4 Å². The van der Waals surface area contributed by atoms with Crippen LogP contribution in [0.25, 0.3) is 0 Å². The highest BCUT2D eigenvalue weighted by Crippen LogP contribution is 2.43. The molecule has 402 valence electrons. The molecule has 0 aliphatic carbocycles. The molecule has 24 nitrogen and oxygen atoms in total. The van der Waals surface area contributed by atoms with Crippen molar-refractivity contribution >= 4 is 70.9 Å². The molecule has 12 rings (SSSR count). The maximum absolute atomic E-state index is 11.9. The van der Waals surface area contributed by atoms with Gasteiger partial charge in [-0.2, -0.15) is 0 Å². The summed E-state index contributed by atoms with van der Waals surface area (Å²) in [5.74, 6) is -1.68. The maximum Gasteiger partial charge on any atom is 0.262 e. The zero-order valence-electron chi connectivity index (χ0n) is 43.8. The highest BCUT2D eigenvalue weighted by Gasteiger charge is 2.57. The normalized spacial score (nSPS) is 30.5. The van der Waals surface area contributed by atoms with E-state index in [-0.39, 0.29) is 106 Å². The molecular weight excluding hydrogens is 973 g/mol. The molecule has 75 heavy (non-hydrogen) atoms. The third-order valence-electron chi connectivity index (χ3n) is 16.2. The molecule has 2 aromatic heterocycles. The number of rotatable bonds is 0. The first-order valence-electron chi connectivity index (χ1n) is 25.0. The van der Waals surface area contributed by atoms with Gasteiger partial charge in [0.1, 0.15) is 0 Å². The first-order valence-corrected chi connectivity index (χ1v) is 25.0. The Morgan fingerprint density at radius 1 is 0.480 bits per heavy atom. The Morgan fingerprint density at radius 2 is 0.973 bits per heavy atom. The number of carbonyl (C=O) groups is 12. The Hall–Kier alpha value is -7.02. The van der Waals surface area contributed by atoms with Crippen LogP contribution in [0.3, 0.4) is 0 Å². The number of imide groups is 6. The van der Waals surface area contributed by atoms with Crippen molar-refractivity contribution in [2.75, 3.05) is 102 Å². The molecule has 0 bridgehead atoms. The number of likely N-dealkylation sites (tertiary alicyclic amines) is 6. The van der Waals surface area contributed by atoms with Gasteiger partial charge in [0.2, 0.25) is 47.3 Å². The van der Waals surface area contributed by atoms with Crippen molar-refractivity contribution < 1.29 is 57.5 Å². The van der Waals surface area contributed by atoms with E-state index in [9.17, 15) is 57.5 Å². The van der Waals surface area contributed by atoms with E-state index in [1.165, 1.54) is 57.5 Å². The van der Waals surface area contributed by atoms with Crippen LogP contribution in [0.2, 0.25) is 0 Å². The first kappa shape index (κ1) is 55.7. The number of nitrogens with one attached hydrogen (secondary N) is 3. The number of amides is 12. The molecule has 0 spiro atoms. The Bertz CT molecular complexity index is 2640. The van der Waals surface area contributed by atoms with Crippen LogP contribution in [0.15, 0.2) is 36.9 Å². The standard InChI is InChI=1S/C10H16N2O2.2C9H14N2O2.C8H12N2O2.C8H6N2O2.C7H4N2O2/c1-10-6-11(2)5-4-7(10)8(13)12(3)9(10)14;1-9-5-10-4-3-6(9)7(12)11(2)8(9)13;1-10-4-3-6-7(5-10)9(13)11(2)8(6)12;2*1-10-7(11)5-2-3-9-4-6(5)8(10)12;10-6-4-1-2-8-3-5(4)7(11)9-6/h7H,4-6H2,1-3H3;6,10H,3-5H2,1-2H3;6-7H,3-5H2,1-2H3;5-6,9H,2-4H2,1H3;2-4H,1H3;1-3H,(H,9,10,11). The van der Waals surface area contributed by atoms with Crippen molar-refractivity contribution in [3.8, 4) is 0 Å². The highest BCUT2D eigenvalue weighted by atomic mass is 16.2. The van der Waals surface area contributed by atoms with Gasteiger partial charge in [0.05, 0.1) is 68.6 Å². The van der Waals surface area contributed by atoms with Gasteiger partial charge >= 0.3 is 0 Å². The summed E-state index contributed by atoms with van der Waals surface area (Å²) >= 11 is 0. The molecular formula is C51H66N12O12. The predicted molar refractivity (Wildman–Crippen MR) is 264 cm³/mol. The first-order chi connectivity index (χ1) is 35.4. The molecule has 8 fully saturated rings. The minimum absolute atomic E-state index is 0.00144. The second kappa shape index (κ2) is 22.1. The van der Waals surface area contributed by atoms with E-state index < -0.39 is 10.8 Å². The summed E-state index contributed by atoms with van der Waals surface area (Å²) in [5.41, 5.74) is 0.646. The summed E-state index contributed by atoms with van der Waals surface area (Å²) in [7, 11) is 11.8. The summed E-state index contributed by atoms with van der Waals surface area (Å²) in [6, 6.07) is 3.08. The second-order valence-electron chi connectivity index (χ2n) is 21.1. The largest absolute Gasteiger partial charge is 0.316 e. The number of pyridine rings is 2. The number of fused-ring (bicyclic) bond motifs is 6. The average Bonchev–Trinajstić information content (AvgIpc) is 4.08. The van der Waals surface area contributed by atoms with E-state index in [1.54, 1.807) is 34.3 Å². The lowest BCUT2D eigenvalue weighted by Crippen LogP contribution is -2.47. The number of hydrogen-bond acceptors (Lipinski definition) is 18. The van der Waals surface area contributed by atoms with Crippen molar-refractivity contribution in [2.24, 2.45) is 46.3 Å². The Balaban J connectivity index is 0.000000131. The molecule has 2 aromatic rings. The number of nitrogens with zero attached hydrogens (tertiary/aromatic N) is 9. The molecule has 10 aliphatic rings. The van der Waals surface area contributed by atoms with Crippen LogP contribution in [-0.2, 0) is 38.4 Å². The summed E-state index contributed by atoms with van der Waals surface area (Å²) in [5, 5.41) is 8.46. The topological polar surface area (TPSA) is 289 Å². The fourth-order valence-electron chi connectivity index (χ4n) is 11.6. The SMILES string of the molecule is CN1C(=O)C2CCNCC2(C)C1=O.CN1C(=O)C2CCNCC2C1=O.CN1C(=O)c2ccncc2C1=O.CN1CCC2C(=O)N(C)C(=O)C2(C)C1.CN1CCC2C(=O)N(C)C(=O)C2C1.O=C1NC(=O)c2cnccc21. The van der Waals surface area contributed by atoms with Gasteiger partial charge in [-0.05, 0) is 91.9 Å². The van der Waals surface area contributed by atoms with E-state index >= 15 is 0 Å². The zero-order chi connectivity index (χ0) is 55.0. The monoisotopic (exact) mass is 1040 g/mol. The fraction of sp³-hybridized carbons (Fsp3) is 0.569. The number of aromatic nitrogens is 2. The molecule has 0 saturated carbocycles. The van der Waals surface area contributed by atoms with Crippen molar-refractivity contribution in [1.82, 2.24) is 60.2 Å². The minimum Gasteiger partial charge on any atom is -0.316 e. The molecule has 12 amide bonds. The molecule has 8 saturated heterocycles. The lowest BCUT2D eigenvalue weighted by atomic mass is 9.74. The number of piperidine rings is 4. The smallest absolute Gasteiger partial charge is 0.262 e. The second-order valence-corrected chi connectivity index (χ2v) is 21.1. The van der Waals surface area contributed by atoms with E-state index in [0.717, 1.165) is 63.3 Å². The third-order valence-corrected chi connectivity index (χ3v) is 16.2. The van der Waals surface area contributed by atoms with Gasteiger partial charge in [0.15, 0.2) is 0 Å². The van der Waals surface area contributed by atoms with Crippen LogP contribution in [-0.4, -0.2) is 217 Å². The Labute approximate surface area is 434 Å². The van der Waals surface area contributed by atoms with Crippen LogP contribution < -0.4 is 16.0 Å². The Kier molecular flexibility index (Phi) is 16.4.